The van der Waals surface area contributed by atoms with Crippen LogP contribution in [0, 0.1) is 0 Å². The molecular formula is C43H59N2O9P2S+. The smallest absolute Gasteiger partial charge is 0.306 e. The first-order valence-corrected chi connectivity index (χ1v) is 25.6. The largest absolute Gasteiger partial charge is 0.506 e. The summed E-state index contributed by atoms with van der Waals surface area (Å²) in [6, 6.07) is 11.8. The first kappa shape index (κ1) is 44.9. The summed E-state index contributed by atoms with van der Waals surface area (Å²) in [7, 11) is -5.12. The van der Waals surface area contributed by atoms with Crippen LogP contribution in [-0.4, -0.2) is 83.5 Å². The van der Waals surface area contributed by atoms with Gasteiger partial charge in [-0.15, -0.1) is 4.33 Å². The van der Waals surface area contributed by atoms with Crippen molar-refractivity contribution in [1.82, 2.24) is 0 Å². The number of nitrogens with zero attached hydrogens (tertiary/aromatic N) is 2. The summed E-state index contributed by atoms with van der Waals surface area (Å²) in [5, 5.41) is 25.5. The highest BCUT2D eigenvalue weighted by Gasteiger charge is 2.48. The number of carbonyl (C=O) groups is 2. The zero-order valence-corrected chi connectivity index (χ0v) is 37.8. The molecule has 2 heterocycles. The van der Waals surface area contributed by atoms with Crippen molar-refractivity contribution in [2.75, 3.05) is 50.4 Å². The number of aliphatic hydroxyl groups is 1. The summed E-state index contributed by atoms with van der Waals surface area (Å²) >= 11 is 0.973. The molecule has 0 amide bonds. The molecule has 11 nitrogen and oxygen atoms in total. The number of hydrogen-bond donors (Lipinski definition) is 2. The minimum atomic E-state index is -2.56. The molecule has 2 N–H and O–H groups in total. The number of ether oxygens (including phenoxy) is 1. The van der Waals surface area contributed by atoms with Gasteiger partial charge in [0.05, 0.1) is 16.6 Å². The summed E-state index contributed by atoms with van der Waals surface area (Å²) in [5.74, 6) is -0.0534. The van der Waals surface area contributed by atoms with Crippen molar-refractivity contribution in [2.24, 2.45) is 0 Å². The van der Waals surface area contributed by atoms with Gasteiger partial charge in [0.15, 0.2) is 5.71 Å². The Morgan fingerprint density at radius 3 is 2.12 bits per heavy atom. The molecule has 2 aromatic carbocycles. The highest BCUT2D eigenvalue weighted by molar-refractivity contribution is 7.94. The Morgan fingerprint density at radius 2 is 1.53 bits per heavy atom. The third-order valence-corrected chi connectivity index (χ3v) is 14.6. The molecule has 5 rings (SSSR count). The molecule has 0 fully saturated rings. The highest BCUT2D eigenvalue weighted by atomic mass is 32.2. The van der Waals surface area contributed by atoms with Crippen LogP contribution < -0.4 is 15.5 Å². The molecule has 2 aliphatic heterocycles. The van der Waals surface area contributed by atoms with Crippen LogP contribution in [0.5, 0.6) is 0 Å². The number of ketones is 1. The van der Waals surface area contributed by atoms with Crippen molar-refractivity contribution < 1.29 is 47.8 Å². The van der Waals surface area contributed by atoms with Gasteiger partial charge in [-0.25, -0.2) is 5.26 Å². The van der Waals surface area contributed by atoms with Crippen LogP contribution in [0.2, 0.25) is 0 Å². The van der Waals surface area contributed by atoms with E-state index in [1.54, 1.807) is 38.8 Å². The van der Waals surface area contributed by atoms with Crippen molar-refractivity contribution in [2.45, 2.75) is 97.0 Å². The van der Waals surface area contributed by atoms with Gasteiger partial charge in [-0.3, -0.25) is 9.59 Å². The Kier molecular flexibility index (Phi) is 13.2. The molecule has 0 saturated heterocycles. The normalized spacial score (nSPS) is 19.1. The van der Waals surface area contributed by atoms with E-state index in [-0.39, 0.29) is 28.7 Å². The number of carbonyl (C=O) groups excluding carboxylic acids is 2. The van der Waals surface area contributed by atoms with Crippen molar-refractivity contribution >= 4 is 65.8 Å². The third kappa shape index (κ3) is 9.64. The molecule has 57 heavy (non-hydrogen) atoms. The summed E-state index contributed by atoms with van der Waals surface area (Å²) in [6.45, 7) is 22.0. The molecule has 3 aliphatic rings. The van der Waals surface area contributed by atoms with Gasteiger partial charge in [0.1, 0.15) is 32.2 Å². The number of aliphatic hydroxyl groups excluding tert-OH is 1. The Morgan fingerprint density at radius 1 is 0.895 bits per heavy atom. The van der Waals surface area contributed by atoms with Gasteiger partial charge in [0.25, 0.3) is 0 Å². The average molecular weight is 842 g/mol. The second-order valence-electron chi connectivity index (χ2n) is 17.9. The summed E-state index contributed by atoms with van der Waals surface area (Å²) in [6.07, 6.45) is 6.81. The molecule has 0 radical (unpaired) electrons. The van der Waals surface area contributed by atoms with Gasteiger partial charge in [0.2, 0.25) is 11.5 Å². The second-order valence-corrected chi connectivity index (χ2v) is 25.2. The predicted molar refractivity (Wildman–Crippen MR) is 231 cm³/mol. The number of rotatable bonds is 16. The van der Waals surface area contributed by atoms with Crippen molar-refractivity contribution in [1.29, 1.82) is 0 Å². The molecular weight excluding hydrogens is 782 g/mol. The van der Waals surface area contributed by atoms with Gasteiger partial charge >= 0.3 is 5.97 Å². The molecule has 0 bridgehead atoms. The number of anilines is 1. The summed E-state index contributed by atoms with van der Waals surface area (Å²) in [5.41, 5.74) is 4.28. The standard InChI is InChI=1S/C43H58N2O9P2S/c1-41(2,3)52-38(46)16-13-12-14-21-44-34-19-17-28(55(8,9)50)24-32(34)42(4,5)36(44)26-30-39(47)31(40(30)48)27-37-43(6,7)33-25-29(56(10,11)51)18-20-35(33)45(37)22-15-23-57-54-53-49/h17-20,24-27H,12-16,21-23H2,1-11H3,(H-,47,48,49)/p+1. The maximum atomic E-state index is 14.1. The number of allylic oxidation sites excluding steroid dienone is 5. The van der Waals surface area contributed by atoms with E-state index in [0.717, 1.165) is 69.4 Å². The first-order chi connectivity index (χ1) is 26.4. The molecule has 0 spiro atoms. The van der Waals surface area contributed by atoms with E-state index in [4.69, 9.17) is 9.99 Å². The molecule has 0 saturated carbocycles. The number of benzene rings is 2. The zero-order valence-electron chi connectivity index (χ0n) is 35.2. The van der Waals surface area contributed by atoms with E-state index < -0.39 is 30.7 Å². The fourth-order valence-corrected chi connectivity index (χ4v) is 9.93. The summed E-state index contributed by atoms with van der Waals surface area (Å²) < 4.78 is 38.5. The van der Waals surface area contributed by atoms with E-state index in [0.29, 0.717) is 38.1 Å². The van der Waals surface area contributed by atoms with Crippen LogP contribution in [0.3, 0.4) is 0 Å². The molecule has 0 atom stereocenters. The van der Waals surface area contributed by atoms with Gasteiger partial charge in [0, 0.05) is 82.3 Å². The van der Waals surface area contributed by atoms with Crippen LogP contribution in [-0.2, 0) is 43.7 Å². The Bertz CT molecular complexity index is 2170. The van der Waals surface area contributed by atoms with Crippen LogP contribution in [0.15, 0.2) is 71.2 Å². The number of unbranched alkanes of at least 4 members (excludes halogenated alkanes) is 2. The molecule has 310 valence electrons. The predicted octanol–water partition coefficient (Wildman–Crippen LogP) is 8.92. The van der Waals surface area contributed by atoms with Gasteiger partial charge in [-0.1, -0.05) is 25.3 Å². The molecule has 14 heteroatoms. The Hall–Kier alpha value is -3.24. The van der Waals surface area contributed by atoms with Crippen LogP contribution in [0.1, 0.15) is 91.7 Å². The average Bonchev–Trinajstić information content (AvgIpc) is 3.44. The molecule has 0 unspecified atom stereocenters. The molecule has 0 aromatic heterocycles. The third-order valence-electron chi connectivity index (χ3n) is 10.9. The Labute approximate surface area is 342 Å². The van der Waals surface area contributed by atoms with Crippen LogP contribution >= 0.6 is 26.3 Å². The monoisotopic (exact) mass is 841 g/mol. The van der Waals surface area contributed by atoms with E-state index in [1.165, 1.54) is 0 Å². The lowest BCUT2D eigenvalue weighted by Gasteiger charge is -2.29. The second kappa shape index (κ2) is 16.8. The van der Waals surface area contributed by atoms with Gasteiger partial charge in [-0.2, -0.15) is 4.58 Å². The van der Waals surface area contributed by atoms with Crippen molar-refractivity contribution in [3.63, 3.8) is 0 Å². The first-order valence-electron chi connectivity index (χ1n) is 19.5. The topological polar surface area (TPSA) is 143 Å². The fraction of sp³-hybridized carbons (Fsp3) is 0.512. The lowest BCUT2D eigenvalue weighted by Crippen LogP contribution is -2.32. The number of fused-ring (bicyclic) bond motifs is 2. The lowest BCUT2D eigenvalue weighted by atomic mass is 9.77. The maximum absolute atomic E-state index is 14.1. The minimum absolute atomic E-state index is 0.0839. The quantitative estimate of drug-likeness (QED) is 0.0245. The van der Waals surface area contributed by atoms with E-state index in [9.17, 15) is 23.8 Å². The van der Waals surface area contributed by atoms with Crippen LogP contribution in [0.4, 0.5) is 11.4 Å². The number of hydrogen-bond acceptors (Lipinski definition) is 11. The Balaban J connectivity index is 1.50. The van der Waals surface area contributed by atoms with Gasteiger partial charge < -0.3 is 23.9 Å². The van der Waals surface area contributed by atoms with Crippen molar-refractivity contribution in [3.8, 4) is 0 Å². The van der Waals surface area contributed by atoms with Gasteiger partial charge in [-0.05, 0) is 116 Å². The maximum Gasteiger partial charge on any atom is 0.306 e. The van der Waals surface area contributed by atoms with E-state index in [2.05, 4.69) is 46.5 Å². The minimum Gasteiger partial charge on any atom is -0.506 e. The molecule has 2 aromatic rings. The highest BCUT2D eigenvalue weighted by Crippen LogP contribution is 2.51. The van der Waals surface area contributed by atoms with Crippen LogP contribution in [0.25, 0.3) is 0 Å². The van der Waals surface area contributed by atoms with E-state index >= 15 is 0 Å². The fourth-order valence-electron chi connectivity index (χ4n) is 7.83. The molecule has 1 aliphatic carbocycles. The van der Waals surface area contributed by atoms with E-state index in [1.807, 2.05) is 57.2 Å². The zero-order chi connectivity index (χ0) is 42.3. The SMILES string of the molecule is CC(C)(C)OC(=O)CCCCCN1/C(=C/C2=C(O)C(=CC3=[N+](CCCSOOO)c4ccc(P(C)(C)=O)cc4C3(C)C)C2=O)C(C)(C)c2cc(P(C)(C)=O)ccc21. The summed E-state index contributed by atoms with van der Waals surface area (Å²) in [4.78, 5) is 28.7. The lowest BCUT2D eigenvalue weighted by molar-refractivity contribution is -0.438. The number of esters is 1. The number of Topliss-reactive ketones (excluding diaryl/α,β-unsaturated/α-hetero) is 1. The van der Waals surface area contributed by atoms with Crippen molar-refractivity contribution in [3.05, 3.63) is 82.3 Å².